The van der Waals surface area contributed by atoms with E-state index >= 15 is 0 Å². The number of nitrogens with one attached hydrogen (secondary N) is 2. The summed E-state index contributed by atoms with van der Waals surface area (Å²) in [5.41, 5.74) is 0. The Labute approximate surface area is 133 Å². The van der Waals surface area contributed by atoms with E-state index in [0.717, 1.165) is 44.9 Å². The van der Waals surface area contributed by atoms with Crippen LogP contribution < -0.4 is 10.6 Å². The van der Waals surface area contributed by atoms with Crippen LogP contribution in [0.2, 0.25) is 0 Å². The van der Waals surface area contributed by atoms with Gasteiger partial charge in [-0.05, 0) is 25.3 Å². The molecule has 5 nitrogen and oxygen atoms in total. The summed E-state index contributed by atoms with van der Waals surface area (Å²) in [7, 11) is 0. The molecule has 1 aliphatic heterocycles. The third kappa shape index (κ3) is 6.66. The first-order valence-corrected chi connectivity index (χ1v) is 8.01. The summed E-state index contributed by atoms with van der Waals surface area (Å²) in [4.78, 5) is 25.6. The van der Waals surface area contributed by atoms with Crippen LogP contribution in [0.4, 0.5) is 0 Å². The van der Waals surface area contributed by atoms with Crippen molar-refractivity contribution in [1.29, 1.82) is 0 Å². The molecule has 6 heteroatoms. The predicted octanol–water partition coefficient (Wildman–Crippen LogP) is 1.32. The maximum absolute atomic E-state index is 12.0. The van der Waals surface area contributed by atoms with Gasteiger partial charge in [0.25, 0.3) is 0 Å². The molecule has 0 unspecified atom stereocenters. The monoisotopic (exact) mass is 317 g/mol. The third-order valence-corrected chi connectivity index (χ3v) is 4.38. The summed E-state index contributed by atoms with van der Waals surface area (Å²) in [6.07, 6.45) is 7.70. The Kier molecular flexibility index (Phi) is 8.69. The number of hydrogen-bond donors (Lipinski definition) is 2. The fraction of sp³-hybridized carbons (Fsp3) is 0.867. The summed E-state index contributed by atoms with van der Waals surface area (Å²) in [5.74, 6) is 0.800. The van der Waals surface area contributed by atoms with E-state index in [0.29, 0.717) is 6.42 Å². The van der Waals surface area contributed by atoms with E-state index in [-0.39, 0.29) is 30.8 Å². The maximum atomic E-state index is 12.0. The number of halogens is 1. The molecule has 2 N–H and O–H groups in total. The minimum atomic E-state index is 0. The fourth-order valence-electron chi connectivity index (χ4n) is 3.10. The quantitative estimate of drug-likeness (QED) is 0.804. The van der Waals surface area contributed by atoms with Gasteiger partial charge >= 0.3 is 0 Å². The van der Waals surface area contributed by atoms with E-state index in [9.17, 15) is 9.59 Å². The zero-order chi connectivity index (χ0) is 14.2. The van der Waals surface area contributed by atoms with Gasteiger partial charge in [-0.3, -0.25) is 9.59 Å². The van der Waals surface area contributed by atoms with Crippen molar-refractivity contribution in [3.05, 3.63) is 0 Å². The number of amides is 2. The van der Waals surface area contributed by atoms with Crippen LogP contribution in [0, 0.1) is 5.92 Å². The van der Waals surface area contributed by atoms with Crippen LogP contribution in [0.5, 0.6) is 0 Å². The molecule has 0 spiro atoms. The highest BCUT2D eigenvalue weighted by Crippen LogP contribution is 2.28. The van der Waals surface area contributed by atoms with Crippen molar-refractivity contribution in [3.63, 3.8) is 0 Å². The number of hydrogen-bond acceptors (Lipinski definition) is 3. The first kappa shape index (κ1) is 18.2. The summed E-state index contributed by atoms with van der Waals surface area (Å²) in [6.45, 7) is 3.52. The molecule has 0 aromatic rings. The van der Waals surface area contributed by atoms with Crippen molar-refractivity contribution in [1.82, 2.24) is 15.5 Å². The zero-order valence-electron chi connectivity index (χ0n) is 12.7. The van der Waals surface area contributed by atoms with Gasteiger partial charge in [0.05, 0.1) is 6.54 Å². The second-order valence-electron chi connectivity index (χ2n) is 5.95. The highest BCUT2D eigenvalue weighted by Gasteiger charge is 2.18. The molecule has 0 atom stereocenters. The van der Waals surface area contributed by atoms with Crippen LogP contribution >= 0.6 is 12.4 Å². The molecule has 1 heterocycles. The van der Waals surface area contributed by atoms with E-state index in [1.165, 1.54) is 25.7 Å². The van der Waals surface area contributed by atoms with E-state index in [2.05, 4.69) is 10.6 Å². The Bertz CT molecular complexity index is 325. The van der Waals surface area contributed by atoms with Gasteiger partial charge in [0.1, 0.15) is 0 Å². The molecule has 2 rings (SSSR count). The largest absolute Gasteiger partial charge is 0.347 e. The number of rotatable bonds is 5. The Hall–Kier alpha value is -0.810. The second kappa shape index (κ2) is 10.0. The minimum Gasteiger partial charge on any atom is -0.347 e. The molecular formula is C15H28ClN3O2. The molecule has 1 saturated carbocycles. The first-order chi connectivity index (χ1) is 9.75. The molecule has 2 aliphatic rings. The van der Waals surface area contributed by atoms with Crippen molar-refractivity contribution < 1.29 is 9.59 Å². The van der Waals surface area contributed by atoms with Gasteiger partial charge in [-0.1, -0.05) is 25.7 Å². The van der Waals surface area contributed by atoms with Crippen molar-refractivity contribution in [2.24, 2.45) is 5.92 Å². The Morgan fingerprint density at radius 2 is 1.86 bits per heavy atom. The summed E-state index contributed by atoms with van der Waals surface area (Å²) >= 11 is 0. The van der Waals surface area contributed by atoms with E-state index < -0.39 is 0 Å². The predicted molar refractivity (Wildman–Crippen MR) is 85.5 cm³/mol. The summed E-state index contributed by atoms with van der Waals surface area (Å²) in [6, 6.07) is 0. The van der Waals surface area contributed by atoms with E-state index in [4.69, 9.17) is 0 Å². The third-order valence-electron chi connectivity index (χ3n) is 4.38. The maximum Gasteiger partial charge on any atom is 0.242 e. The number of nitrogens with zero attached hydrogens (tertiary/aromatic N) is 1. The number of carbonyl (C=O) groups is 2. The van der Waals surface area contributed by atoms with Gasteiger partial charge in [0.15, 0.2) is 0 Å². The van der Waals surface area contributed by atoms with Crippen LogP contribution in [0.3, 0.4) is 0 Å². The lowest BCUT2D eigenvalue weighted by atomic mass is 10.0. The van der Waals surface area contributed by atoms with Gasteiger partial charge in [0.2, 0.25) is 11.8 Å². The molecule has 0 aromatic heterocycles. The SMILES string of the molecule is Cl.O=C(CCC1CCCC1)NCC(=O)N1CCCNCC1. The van der Waals surface area contributed by atoms with Gasteiger partial charge < -0.3 is 15.5 Å². The zero-order valence-corrected chi connectivity index (χ0v) is 13.6. The molecule has 21 heavy (non-hydrogen) atoms. The standard InChI is InChI=1S/C15H27N3O2.ClH/c19-14(7-6-13-4-1-2-5-13)17-12-15(20)18-10-3-8-16-9-11-18;/h13,16H,1-12H2,(H,17,19);1H. The van der Waals surface area contributed by atoms with Crippen LogP contribution in [0.15, 0.2) is 0 Å². The molecule has 2 fully saturated rings. The highest BCUT2D eigenvalue weighted by atomic mass is 35.5. The molecule has 1 saturated heterocycles. The molecule has 0 bridgehead atoms. The topological polar surface area (TPSA) is 61.4 Å². The average molecular weight is 318 g/mol. The van der Waals surface area contributed by atoms with Crippen molar-refractivity contribution in [2.75, 3.05) is 32.7 Å². The molecule has 1 aliphatic carbocycles. The van der Waals surface area contributed by atoms with Gasteiger partial charge in [-0.15, -0.1) is 12.4 Å². The lowest BCUT2D eigenvalue weighted by molar-refractivity contribution is -0.132. The molecule has 122 valence electrons. The Morgan fingerprint density at radius 3 is 2.62 bits per heavy atom. The number of carbonyl (C=O) groups excluding carboxylic acids is 2. The molecule has 0 radical (unpaired) electrons. The molecule has 2 amide bonds. The summed E-state index contributed by atoms with van der Waals surface area (Å²) in [5, 5.41) is 6.04. The van der Waals surface area contributed by atoms with Crippen molar-refractivity contribution >= 4 is 24.2 Å². The van der Waals surface area contributed by atoms with Crippen LogP contribution in [0.1, 0.15) is 44.9 Å². The molecule has 0 aromatic carbocycles. The molecular weight excluding hydrogens is 290 g/mol. The van der Waals surface area contributed by atoms with Gasteiger partial charge in [-0.2, -0.15) is 0 Å². The minimum absolute atomic E-state index is 0. The lowest BCUT2D eigenvalue weighted by Crippen LogP contribution is -2.41. The highest BCUT2D eigenvalue weighted by molar-refractivity contribution is 5.85. The van der Waals surface area contributed by atoms with Crippen molar-refractivity contribution in [2.45, 2.75) is 44.9 Å². The smallest absolute Gasteiger partial charge is 0.242 e. The van der Waals surface area contributed by atoms with Gasteiger partial charge in [-0.25, -0.2) is 0 Å². The first-order valence-electron chi connectivity index (χ1n) is 8.01. The lowest BCUT2D eigenvalue weighted by Gasteiger charge is -2.20. The van der Waals surface area contributed by atoms with Crippen LogP contribution in [-0.4, -0.2) is 49.4 Å². The Balaban J connectivity index is 0.00000220. The Morgan fingerprint density at radius 1 is 1.10 bits per heavy atom. The normalized spacial score (nSPS) is 19.7. The van der Waals surface area contributed by atoms with Crippen molar-refractivity contribution in [3.8, 4) is 0 Å². The van der Waals surface area contributed by atoms with E-state index in [1.807, 2.05) is 4.90 Å². The van der Waals surface area contributed by atoms with Crippen LogP contribution in [-0.2, 0) is 9.59 Å². The average Bonchev–Trinajstić information content (AvgIpc) is 2.83. The fourth-order valence-corrected chi connectivity index (χ4v) is 3.10. The second-order valence-corrected chi connectivity index (χ2v) is 5.95. The van der Waals surface area contributed by atoms with Gasteiger partial charge in [0, 0.05) is 26.1 Å². The summed E-state index contributed by atoms with van der Waals surface area (Å²) < 4.78 is 0. The van der Waals surface area contributed by atoms with Crippen LogP contribution in [0.25, 0.3) is 0 Å². The van der Waals surface area contributed by atoms with E-state index in [1.54, 1.807) is 0 Å².